The maximum absolute atomic E-state index is 10.5. The molecule has 0 aromatic rings. The molecule has 1 fully saturated rings. The van der Waals surface area contributed by atoms with Gasteiger partial charge in [0.15, 0.2) is 6.10 Å². The van der Waals surface area contributed by atoms with Gasteiger partial charge in [0.25, 0.3) is 0 Å². The molecule has 0 aromatic heterocycles. The van der Waals surface area contributed by atoms with E-state index < -0.39 is 38.4 Å². The van der Waals surface area contributed by atoms with Gasteiger partial charge in [0, 0.05) is 0 Å². The van der Waals surface area contributed by atoms with Crippen LogP contribution in [0, 0.1) is 0 Å². The van der Waals surface area contributed by atoms with Crippen LogP contribution in [0.25, 0.3) is 0 Å². The summed E-state index contributed by atoms with van der Waals surface area (Å²) in [5.74, 6) is -6.10. The predicted octanol–water partition coefficient (Wildman–Crippen LogP) is -3.83. The van der Waals surface area contributed by atoms with Crippen LogP contribution in [0.2, 0.25) is 0 Å². The fraction of sp³-hybridized carbons (Fsp3) is 1.00. The smallest absolute Gasteiger partial charge is 0.384 e. The van der Waals surface area contributed by atoms with Crippen LogP contribution in [0.1, 0.15) is 0 Å². The van der Waals surface area contributed by atoms with Gasteiger partial charge in [-0.2, -0.15) is 0 Å². The summed E-state index contributed by atoms with van der Waals surface area (Å²) in [5, 5.41) is 45.5. The Bertz CT molecular complexity index is 310. The van der Waals surface area contributed by atoms with Gasteiger partial charge in [-0.05, 0) is 0 Å². The van der Waals surface area contributed by atoms with Crippen LogP contribution in [0.15, 0.2) is 0 Å². The second-order valence-electron chi connectivity index (χ2n) is 3.26. The lowest BCUT2D eigenvalue weighted by Gasteiger charge is -2.43. The van der Waals surface area contributed by atoms with Crippen molar-refractivity contribution < 1.29 is 49.1 Å². The zero-order valence-corrected chi connectivity index (χ0v) is 8.56. The van der Waals surface area contributed by atoms with Gasteiger partial charge >= 0.3 is 13.8 Å². The van der Waals surface area contributed by atoms with Crippen molar-refractivity contribution in [3.8, 4) is 0 Å². The van der Waals surface area contributed by atoms with Crippen LogP contribution in [0.4, 0.5) is 0 Å². The van der Waals surface area contributed by atoms with Gasteiger partial charge < -0.3 is 40.1 Å². The van der Waals surface area contributed by atoms with Crippen LogP contribution < -0.4 is 0 Å². The maximum atomic E-state index is 10.5. The van der Waals surface area contributed by atoms with Crippen LogP contribution >= 0.6 is 7.82 Å². The molecule has 1 aliphatic heterocycles. The lowest BCUT2D eigenvalue weighted by molar-refractivity contribution is -0.449. The van der Waals surface area contributed by atoms with E-state index in [1.165, 1.54) is 0 Å². The first kappa shape index (κ1) is 13.9. The van der Waals surface area contributed by atoms with E-state index in [0.29, 0.717) is 0 Å². The zero-order chi connectivity index (χ0) is 12.8. The third kappa shape index (κ3) is 2.76. The number of phosphoric ester groups is 1. The number of aliphatic hydroxyl groups excluding tert-OH is 2. The lowest BCUT2D eigenvalue weighted by atomic mass is 10.0. The van der Waals surface area contributed by atoms with Gasteiger partial charge in [0.05, 0.1) is 0 Å². The topological polar surface area (TPSA) is 177 Å². The molecule has 1 rings (SSSR count). The molecule has 7 N–H and O–H groups in total. The normalized spacial score (nSPS) is 39.7. The molecule has 0 amide bonds. The van der Waals surface area contributed by atoms with Gasteiger partial charge in [-0.3, -0.25) is 0 Å². The highest BCUT2D eigenvalue weighted by Crippen LogP contribution is 2.44. The molecule has 16 heavy (non-hydrogen) atoms. The molecule has 0 saturated carbocycles. The van der Waals surface area contributed by atoms with Crippen molar-refractivity contribution in [2.45, 2.75) is 24.0 Å². The molecule has 11 heteroatoms. The summed E-state index contributed by atoms with van der Waals surface area (Å²) >= 11 is 0. The van der Waals surface area contributed by atoms with Crippen LogP contribution in [-0.4, -0.2) is 65.9 Å². The Hall–Kier alpha value is -0.130. The Morgan fingerprint density at radius 3 is 2.12 bits per heavy atom. The summed E-state index contributed by atoms with van der Waals surface area (Å²) in [7, 11) is -5.17. The summed E-state index contributed by atoms with van der Waals surface area (Å²) in [4.78, 5) is 16.8. The predicted molar refractivity (Wildman–Crippen MR) is 43.2 cm³/mol. The monoisotopic (exact) mass is 262 g/mol. The summed E-state index contributed by atoms with van der Waals surface area (Å²) in [6, 6.07) is 0. The summed E-state index contributed by atoms with van der Waals surface area (Å²) in [5.41, 5.74) is 0. The first-order valence-corrected chi connectivity index (χ1v) is 5.44. The standard InChI is InChI=1S/C5H11O10P/c6-2-3(7)5(9,10)14-1-4(2,8)15-16(11,12)13/h2-3,6-10H,1H2,(H2,11,12,13)/t2-,3+,4+/m0/s1. The molecule has 10 nitrogen and oxygen atoms in total. The van der Waals surface area contributed by atoms with Gasteiger partial charge in [0.2, 0.25) is 5.79 Å². The molecule has 1 heterocycles. The van der Waals surface area contributed by atoms with Crippen molar-refractivity contribution in [3.05, 3.63) is 0 Å². The number of rotatable bonds is 2. The SMILES string of the molecule is O=P(O)(O)O[C@]1(O)COC(O)(O)[C@H](O)[C@@H]1O. The average molecular weight is 262 g/mol. The molecule has 0 spiro atoms. The van der Waals surface area contributed by atoms with Gasteiger partial charge in [-0.1, -0.05) is 0 Å². The summed E-state index contributed by atoms with van der Waals surface area (Å²) in [6.45, 7) is -1.16. The Labute approximate surface area is 88.5 Å². The van der Waals surface area contributed by atoms with Crippen LogP contribution in [0.3, 0.4) is 0 Å². The van der Waals surface area contributed by atoms with E-state index in [0.717, 1.165) is 0 Å². The minimum absolute atomic E-state index is 1.16. The molecule has 1 saturated heterocycles. The second kappa shape index (κ2) is 3.96. The van der Waals surface area contributed by atoms with Gasteiger partial charge in [-0.15, -0.1) is 0 Å². The van der Waals surface area contributed by atoms with E-state index in [1.54, 1.807) is 0 Å². The van der Waals surface area contributed by atoms with Crippen LogP contribution in [-0.2, 0) is 13.8 Å². The third-order valence-electron chi connectivity index (χ3n) is 1.91. The molecular weight excluding hydrogens is 251 g/mol. The summed E-state index contributed by atoms with van der Waals surface area (Å²) in [6.07, 6.45) is -4.82. The first-order chi connectivity index (χ1) is 6.98. The molecule has 0 unspecified atom stereocenters. The molecular formula is C5H11O10P. The average Bonchev–Trinajstić information content (AvgIpc) is 2.08. The number of hydrogen-bond acceptors (Lipinski definition) is 8. The Kier molecular flexibility index (Phi) is 3.45. The Morgan fingerprint density at radius 1 is 1.19 bits per heavy atom. The molecule has 0 radical (unpaired) electrons. The zero-order valence-electron chi connectivity index (χ0n) is 7.66. The van der Waals surface area contributed by atoms with E-state index in [-0.39, 0.29) is 0 Å². The Balaban J connectivity index is 2.89. The highest BCUT2D eigenvalue weighted by Gasteiger charge is 2.58. The highest BCUT2D eigenvalue weighted by molar-refractivity contribution is 7.46. The molecule has 3 atom stereocenters. The van der Waals surface area contributed by atoms with E-state index in [9.17, 15) is 14.8 Å². The lowest BCUT2D eigenvalue weighted by Crippen LogP contribution is -2.67. The molecule has 0 aliphatic carbocycles. The minimum Gasteiger partial charge on any atom is -0.384 e. The molecule has 0 bridgehead atoms. The minimum atomic E-state index is -5.17. The van der Waals surface area contributed by atoms with E-state index >= 15 is 0 Å². The number of aliphatic hydroxyl groups is 5. The fourth-order valence-corrected chi connectivity index (χ4v) is 1.69. The van der Waals surface area contributed by atoms with Crippen molar-refractivity contribution >= 4 is 7.82 Å². The number of hydrogen-bond donors (Lipinski definition) is 7. The molecule has 1 aliphatic rings. The van der Waals surface area contributed by atoms with E-state index in [1.807, 2.05) is 0 Å². The molecule has 0 aromatic carbocycles. The van der Waals surface area contributed by atoms with E-state index in [4.69, 9.17) is 25.1 Å². The molecule has 96 valence electrons. The van der Waals surface area contributed by atoms with Crippen molar-refractivity contribution in [1.82, 2.24) is 0 Å². The number of phosphoric acid groups is 1. The van der Waals surface area contributed by atoms with Crippen molar-refractivity contribution in [2.75, 3.05) is 6.61 Å². The third-order valence-corrected chi connectivity index (χ3v) is 2.47. The van der Waals surface area contributed by atoms with Crippen LogP contribution in [0.5, 0.6) is 0 Å². The van der Waals surface area contributed by atoms with Gasteiger partial charge in [0.1, 0.15) is 12.7 Å². The van der Waals surface area contributed by atoms with Crippen molar-refractivity contribution in [3.63, 3.8) is 0 Å². The number of ether oxygens (including phenoxy) is 1. The van der Waals surface area contributed by atoms with Gasteiger partial charge in [-0.25, -0.2) is 9.09 Å². The highest BCUT2D eigenvalue weighted by atomic mass is 31.2. The first-order valence-electron chi connectivity index (χ1n) is 3.91. The summed E-state index contributed by atoms with van der Waals surface area (Å²) < 4.78 is 18.4. The van der Waals surface area contributed by atoms with Crippen molar-refractivity contribution in [2.24, 2.45) is 0 Å². The fourth-order valence-electron chi connectivity index (χ4n) is 1.12. The second-order valence-corrected chi connectivity index (χ2v) is 4.43. The quantitative estimate of drug-likeness (QED) is 0.192. The van der Waals surface area contributed by atoms with Crippen molar-refractivity contribution in [1.29, 1.82) is 0 Å². The largest absolute Gasteiger partial charge is 0.472 e. The van der Waals surface area contributed by atoms with E-state index in [2.05, 4.69) is 9.26 Å². The Morgan fingerprint density at radius 2 is 1.69 bits per heavy atom. The maximum Gasteiger partial charge on any atom is 0.472 e.